The van der Waals surface area contributed by atoms with Crippen molar-refractivity contribution in [2.75, 3.05) is 6.54 Å². The van der Waals surface area contributed by atoms with Gasteiger partial charge in [0.05, 0.1) is 5.41 Å². The Kier molecular flexibility index (Phi) is 3.67. The molecule has 0 aromatic rings. The summed E-state index contributed by atoms with van der Waals surface area (Å²) in [4.78, 5) is 35.3. The van der Waals surface area contributed by atoms with Crippen LogP contribution in [-0.2, 0) is 14.4 Å². The molecule has 1 heterocycles. The van der Waals surface area contributed by atoms with Crippen molar-refractivity contribution in [3.8, 4) is 0 Å². The topological polar surface area (TPSA) is 74.7 Å². The Hall–Kier alpha value is -1.39. The number of carbonyl (C=O) groups excluding carboxylic acids is 2. The molecule has 16 heavy (non-hydrogen) atoms. The molecule has 1 N–H and O–H groups in total. The molecule has 1 aliphatic rings. The average Bonchev–Trinajstić information content (AvgIpc) is 2.32. The first-order chi connectivity index (χ1) is 7.34. The number of carboxylic acid groups (broad SMARTS) is 1. The van der Waals surface area contributed by atoms with Crippen molar-refractivity contribution in [1.82, 2.24) is 4.90 Å². The second-order valence-corrected chi connectivity index (χ2v) is 4.77. The summed E-state index contributed by atoms with van der Waals surface area (Å²) in [5, 5.41) is 8.97. The maximum Gasteiger partial charge on any atom is 0.310 e. The number of rotatable bonds is 3. The number of imide groups is 1. The maximum absolute atomic E-state index is 11.6. The Labute approximate surface area is 94.4 Å². The van der Waals surface area contributed by atoms with Gasteiger partial charge in [-0.25, -0.2) is 0 Å². The molecule has 0 unspecified atom stereocenters. The Morgan fingerprint density at radius 1 is 1.25 bits per heavy atom. The van der Waals surface area contributed by atoms with E-state index in [4.69, 9.17) is 5.11 Å². The largest absolute Gasteiger partial charge is 0.481 e. The fourth-order valence-corrected chi connectivity index (χ4v) is 1.60. The summed E-state index contributed by atoms with van der Waals surface area (Å²) in [5.74, 6) is -1.51. The predicted molar refractivity (Wildman–Crippen MR) is 56.6 cm³/mol. The van der Waals surface area contributed by atoms with E-state index in [2.05, 4.69) is 0 Å². The van der Waals surface area contributed by atoms with Gasteiger partial charge >= 0.3 is 5.97 Å². The van der Waals surface area contributed by atoms with Gasteiger partial charge in [-0.15, -0.1) is 0 Å². The van der Waals surface area contributed by atoms with Crippen molar-refractivity contribution in [3.05, 3.63) is 0 Å². The van der Waals surface area contributed by atoms with E-state index in [1.165, 1.54) is 13.8 Å². The molecule has 0 spiro atoms. The zero-order chi connectivity index (χ0) is 12.3. The zero-order valence-electron chi connectivity index (χ0n) is 9.65. The molecule has 5 heteroatoms. The molecule has 5 nitrogen and oxygen atoms in total. The molecule has 0 radical (unpaired) electrons. The van der Waals surface area contributed by atoms with Crippen LogP contribution in [0.25, 0.3) is 0 Å². The quantitative estimate of drug-likeness (QED) is 0.730. The molecular weight excluding hydrogens is 210 g/mol. The van der Waals surface area contributed by atoms with E-state index in [1.807, 2.05) is 0 Å². The molecule has 0 saturated carbocycles. The van der Waals surface area contributed by atoms with Gasteiger partial charge in [0, 0.05) is 19.4 Å². The van der Waals surface area contributed by atoms with Crippen LogP contribution in [0.15, 0.2) is 0 Å². The third-order valence-corrected chi connectivity index (χ3v) is 2.77. The molecule has 0 aromatic carbocycles. The van der Waals surface area contributed by atoms with E-state index in [0.717, 1.165) is 4.90 Å². The molecule has 1 rings (SSSR count). The smallest absolute Gasteiger partial charge is 0.310 e. The van der Waals surface area contributed by atoms with Crippen molar-refractivity contribution in [2.45, 2.75) is 39.5 Å². The normalized spacial score (nSPS) is 18.5. The molecule has 1 fully saturated rings. The summed E-state index contributed by atoms with van der Waals surface area (Å²) in [7, 11) is 0. The number of amides is 2. The van der Waals surface area contributed by atoms with Crippen LogP contribution in [0.2, 0.25) is 0 Å². The summed E-state index contributed by atoms with van der Waals surface area (Å²) < 4.78 is 0. The minimum absolute atomic E-state index is 0.0417. The van der Waals surface area contributed by atoms with Gasteiger partial charge in [0.15, 0.2) is 0 Å². The van der Waals surface area contributed by atoms with Crippen LogP contribution in [0.3, 0.4) is 0 Å². The predicted octanol–water partition coefficient (Wildman–Crippen LogP) is 1.03. The highest BCUT2D eigenvalue weighted by Crippen LogP contribution is 2.21. The van der Waals surface area contributed by atoms with E-state index in [0.29, 0.717) is 25.7 Å². The van der Waals surface area contributed by atoms with Crippen molar-refractivity contribution < 1.29 is 19.5 Å². The molecule has 1 saturated heterocycles. The molecule has 2 amide bonds. The zero-order valence-corrected chi connectivity index (χ0v) is 9.65. The molecule has 1 aliphatic heterocycles. The van der Waals surface area contributed by atoms with Gasteiger partial charge in [-0.05, 0) is 26.7 Å². The van der Waals surface area contributed by atoms with Gasteiger partial charge in [-0.1, -0.05) is 0 Å². The monoisotopic (exact) mass is 227 g/mol. The van der Waals surface area contributed by atoms with Gasteiger partial charge in [-0.3, -0.25) is 19.3 Å². The highest BCUT2D eigenvalue weighted by molar-refractivity contribution is 5.96. The fraction of sp³-hybridized carbons (Fsp3) is 0.727. The Morgan fingerprint density at radius 2 is 1.69 bits per heavy atom. The third kappa shape index (κ3) is 2.81. The van der Waals surface area contributed by atoms with E-state index in [1.54, 1.807) is 0 Å². The second kappa shape index (κ2) is 4.63. The lowest BCUT2D eigenvalue weighted by Crippen LogP contribution is -2.44. The van der Waals surface area contributed by atoms with Crippen LogP contribution >= 0.6 is 0 Å². The Bertz CT molecular complexity index is 304. The number of carbonyl (C=O) groups is 3. The lowest BCUT2D eigenvalue weighted by Gasteiger charge is -2.27. The van der Waals surface area contributed by atoms with Gasteiger partial charge < -0.3 is 5.11 Å². The van der Waals surface area contributed by atoms with Crippen LogP contribution < -0.4 is 0 Å². The van der Waals surface area contributed by atoms with Gasteiger partial charge in [0.1, 0.15) is 0 Å². The first-order valence-corrected chi connectivity index (χ1v) is 5.41. The first-order valence-electron chi connectivity index (χ1n) is 5.41. The number of hydrogen-bond donors (Lipinski definition) is 1. The van der Waals surface area contributed by atoms with Crippen LogP contribution in [0.5, 0.6) is 0 Å². The second-order valence-electron chi connectivity index (χ2n) is 4.77. The summed E-state index contributed by atoms with van der Waals surface area (Å²) in [6.45, 7) is 2.99. The van der Waals surface area contributed by atoms with Crippen LogP contribution in [-0.4, -0.2) is 34.3 Å². The maximum atomic E-state index is 11.6. The number of nitrogens with zero attached hydrogens (tertiary/aromatic N) is 1. The van der Waals surface area contributed by atoms with Crippen molar-refractivity contribution in [1.29, 1.82) is 0 Å². The Morgan fingerprint density at radius 3 is 2.06 bits per heavy atom. The molecule has 0 atom stereocenters. The fourth-order valence-electron chi connectivity index (χ4n) is 1.60. The van der Waals surface area contributed by atoms with E-state index in [9.17, 15) is 14.4 Å². The van der Waals surface area contributed by atoms with Crippen molar-refractivity contribution >= 4 is 17.8 Å². The number of likely N-dealkylation sites (tertiary alicyclic amines) is 1. The number of hydrogen-bond acceptors (Lipinski definition) is 3. The van der Waals surface area contributed by atoms with Crippen LogP contribution in [0.1, 0.15) is 39.5 Å². The molecule has 0 bridgehead atoms. The van der Waals surface area contributed by atoms with E-state index < -0.39 is 11.4 Å². The molecule has 0 aromatic heterocycles. The highest BCUT2D eigenvalue weighted by atomic mass is 16.4. The number of carboxylic acids is 1. The molecule has 90 valence electrons. The summed E-state index contributed by atoms with van der Waals surface area (Å²) in [6.07, 6.45) is 2.08. The van der Waals surface area contributed by atoms with Crippen molar-refractivity contribution in [2.24, 2.45) is 5.41 Å². The average molecular weight is 227 g/mol. The summed E-state index contributed by atoms with van der Waals surface area (Å²) >= 11 is 0. The standard InChI is InChI=1S/C11H17NO4/c1-11(2,10(15)16)7-12-8(13)5-3-4-6-9(12)14/h3-7H2,1-2H3,(H,15,16). The lowest BCUT2D eigenvalue weighted by atomic mass is 9.93. The number of aliphatic carboxylic acids is 1. The van der Waals surface area contributed by atoms with Crippen molar-refractivity contribution in [3.63, 3.8) is 0 Å². The molecular formula is C11H17NO4. The lowest BCUT2D eigenvalue weighted by molar-refractivity contribution is -0.152. The third-order valence-electron chi connectivity index (χ3n) is 2.77. The van der Waals surface area contributed by atoms with Crippen LogP contribution in [0, 0.1) is 5.41 Å². The molecule has 0 aliphatic carbocycles. The SMILES string of the molecule is CC(C)(CN1C(=O)CCCCC1=O)C(=O)O. The minimum Gasteiger partial charge on any atom is -0.481 e. The minimum atomic E-state index is -1.09. The highest BCUT2D eigenvalue weighted by Gasteiger charge is 2.35. The summed E-state index contributed by atoms with van der Waals surface area (Å²) in [6, 6.07) is 0. The van der Waals surface area contributed by atoms with Crippen LogP contribution in [0.4, 0.5) is 0 Å². The first kappa shape index (κ1) is 12.7. The van der Waals surface area contributed by atoms with E-state index >= 15 is 0 Å². The summed E-state index contributed by atoms with van der Waals surface area (Å²) in [5.41, 5.74) is -1.09. The Balaban J connectivity index is 2.80. The van der Waals surface area contributed by atoms with Gasteiger partial charge in [0.25, 0.3) is 0 Å². The van der Waals surface area contributed by atoms with Gasteiger partial charge in [-0.2, -0.15) is 0 Å². The van der Waals surface area contributed by atoms with Gasteiger partial charge in [0.2, 0.25) is 11.8 Å². The van der Waals surface area contributed by atoms with E-state index in [-0.39, 0.29) is 18.4 Å².